The molecule has 1 amide bonds. The molecule has 1 atom stereocenters. The number of amides is 1. The zero-order valence-corrected chi connectivity index (χ0v) is 14.4. The van der Waals surface area contributed by atoms with Crippen molar-refractivity contribution >= 4 is 32.4 Å². The number of rotatable bonds is 4. The van der Waals surface area contributed by atoms with Gasteiger partial charge >= 0.3 is 0 Å². The molecular weight excluding hydrogens is 350 g/mol. The number of hydrogen-bond acceptors (Lipinski definition) is 6. The molecule has 0 radical (unpaired) electrons. The topological polar surface area (TPSA) is 99.6 Å². The maximum Gasteiger partial charge on any atom is 0.257 e. The molecule has 7 nitrogen and oxygen atoms in total. The summed E-state index contributed by atoms with van der Waals surface area (Å²) in [7, 11) is -3.73. The van der Waals surface area contributed by atoms with Gasteiger partial charge in [-0.05, 0) is 31.0 Å². The number of β-amino-alcohol motifs (C(OH)–C–C–N with tert-alkyl or cyclic N) is 1. The molecule has 1 saturated heterocycles. The Kier molecular flexibility index (Phi) is 4.95. The van der Waals surface area contributed by atoms with Crippen molar-refractivity contribution in [1.82, 2.24) is 9.29 Å². The van der Waals surface area contributed by atoms with Crippen LogP contribution in [0.4, 0.5) is 5.13 Å². The minimum atomic E-state index is -3.73. The van der Waals surface area contributed by atoms with Crippen molar-refractivity contribution in [3.05, 3.63) is 41.4 Å². The largest absolute Gasteiger partial charge is 0.392 e. The predicted octanol–water partition coefficient (Wildman–Crippen LogP) is 1.54. The molecule has 1 unspecified atom stereocenters. The lowest BCUT2D eigenvalue weighted by Gasteiger charge is -2.29. The Morgan fingerprint density at radius 3 is 2.96 bits per heavy atom. The third kappa shape index (κ3) is 3.64. The number of thiazole rings is 1. The summed E-state index contributed by atoms with van der Waals surface area (Å²) >= 11 is 1.28. The average Bonchev–Trinajstić information content (AvgIpc) is 3.08. The van der Waals surface area contributed by atoms with Crippen LogP contribution in [0.25, 0.3) is 0 Å². The van der Waals surface area contributed by atoms with Crippen LogP contribution < -0.4 is 5.32 Å². The number of piperidine rings is 1. The molecule has 0 saturated carbocycles. The number of carbonyl (C=O) groups is 1. The fourth-order valence-corrected chi connectivity index (χ4v) is 4.63. The first-order valence-corrected chi connectivity index (χ1v) is 9.78. The van der Waals surface area contributed by atoms with E-state index in [0.29, 0.717) is 24.5 Å². The first-order valence-electron chi connectivity index (χ1n) is 7.46. The minimum Gasteiger partial charge on any atom is -0.392 e. The van der Waals surface area contributed by atoms with Gasteiger partial charge in [0.15, 0.2) is 5.13 Å². The summed E-state index contributed by atoms with van der Waals surface area (Å²) in [6.07, 6.45) is 2.14. The third-order valence-corrected chi connectivity index (χ3v) is 6.30. The number of hydrogen-bond donors (Lipinski definition) is 2. The Bertz CT molecular complexity index is 821. The Hall–Kier alpha value is -1.81. The second-order valence-electron chi connectivity index (χ2n) is 5.48. The molecule has 3 rings (SSSR count). The third-order valence-electron chi connectivity index (χ3n) is 3.75. The highest BCUT2D eigenvalue weighted by Crippen LogP contribution is 2.22. The molecule has 1 aliphatic rings. The minimum absolute atomic E-state index is 0.0448. The molecule has 9 heteroatoms. The first-order chi connectivity index (χ1) is 11.5. The monoisotopic (exact) mass is 367 g/mol. The van der Waals surface area contributed by atoms with Crippen LogP contribution in [-0.2, 0) is 10.0 Å². The first kappa shape index (κ1) is 17.0. The van der Waals surface area contributed by atoms with Gasteiger partial charge in [0.25, 0.3) is 5.91 Å². The van der Waals surface area contributed by atoms with Crippen LogP contribution in [0.1, 0.15) is 23.2 Å². The SMILES string of the molecule is O=C(Nc1nccs1)c1cccc(S(=O)(=O)N2CCCC(O)C2)c1. The maximum atomic E-state index is 12.7. The van der Waals surface area contributed by atoms with Crippen molar-refractivity contribution < 1.29 is 18.3 Å². The van der Waals surface area contributed by atoms with Crippen LogP contribution in [0.5, 0.6) is 0 Å². The predicted molar refractivity (Wildman–Crippen MR) is 90.5 cm³/mol. The lowest BCUT2D eigenvalue weighted by molar-refractivity contribution is 0.102. The molecule has 2 aromatic rings. The zero-order valence-electron chi connectivity index (χ0n) is 12.8. The van der Waals surface area contributed by atoms with E-state index in [9.17, 15) is 18.3 Å². The van der Waals surface area contributed by atoms with Crippen molar-refractivity contribution in [1.29, 1.82) is 0 Å². The van der Waals surface area contributed by atoms with Crippen molar-refractivity contribution in [3.63, 3.8) is 0 Å². The smallest absolute Gasteiger partial charge is 0.257 e. The van der Waals surface area contributed by atoms with E-state index in [1.165, 1.54) is 33.8 Å². The molecular formula is C15H17N3O4S2. The summed E-state index contributed by atoms with van der Waals surface area (Å²) in [4.78, 5) is 16.2. The highest BCUT2D eigenvalue weighted by molar-refractivity contribution is 7.89. The van der Waals surface area contributed by atoms with Crippen molar-refractivity contribution in [2.45, 2.75) is 23.8 Å². The van der Waals surface area contributed by atoms with Gasteiger partial charge in [-0.1, -0.05) is 6.07 Å². The van der Waals surface area contributed by atoms with E-state index < -0.39 is 22.0 Å². The Balaban J connectivity index is 1.83. The number of nitrogens with one attached hydrogen (secondary N) is 1. The molecule has 2 heterocycles. The van der Waals surface area contributed by atoms with E-state index >= 15 is 0 Å². The molecule has 0 spiro atoms. The molecule has 1 aromatic heterocycles. The van der Waals surface area contributed by atoms with Crippen molar-refractivity contribution in [2.75, 3.05) is 18.4 Å². The normalized spacial score (nSPS) is 19.1. The van der Waals surface area contributed by atoms with Crippen LogP contribution in [0.15, 0.2) is 40.7 Å². The van der Waals surface area contributed by atoms with Crippen LogP contribution in [0.2, 0.25) is 0 Å². The Labute approximate surface area is 144 Å². The number of aromatic nitrogens is 1. The van der Waals surface area contributed by atoms with E-state index in [1.807, 2.05) is 0 Å². The van der Waals surface area contributed by atoms with Gasteiger partial charge in [0.1, 0.15) is 0 Å². The average molecular weight is 367 g/mol. The number of aliphatic hydroxyl groups excluding tert-OH is 1. The van der Waals surface area contributed by atoms with Crippen molar-refractivity contribution in [2.24, 2.45) is 0 Å². The Morgan fingerprint density at radius 1 is 1.42 bits per heavy atom. The summed E-state index contributed by atoms with van der Waals surface area (Å²) in [5.41, 5.74) is 0.240. The summed E-state index contributed by atoms with van der Waals surface area (Å²) in [5.74, 6) is -0.416. The van der Waals surface area contributed by atoms with Gasteiger partial charge in [0, 0.05) is 30.2 Å². The molecule has 1 aliphatic heterocycles. The number of aliphatic hydroxyl groups is 1. The van der Waals surface area contributed by atoms with Gasteiger partial charge in [-0.15, -0.1) is 11.3 Å². The van der Waals surface area contributed by atoms with E-state index in [1.54, 1.807) is 17.6 Å². The number of nitrogens with zero attached hydrogens (tertiary/aromatic N) is 2. The van der Waals surface area contributed by atoms with Crippen LogP contribution >= 0.6 is 11.3 Å². The highest BCUT2D eigenvalue weighted by Gasteiger charge is 2.29. The van der Waals surface area contributed by atoms with Crippen LogP contribution in [-0.4, -0.2) is 47.9 Å². The highest BCUT2D eigenvalue weighted by atomic mass is 32.2. The molecule has 0 aliphatic carbocycles. The fourth-order valence-electron chi connectivity index (χ4n) is 2.54. The lowest BCUT2D eigenvalue weighted by Crippen LogP contribution is -2.42. The number of carbonyl (C=O) groups excluding carboxylic acids is 1. The van der Waals surface area contributed by atoms with Gasteiger partial charge in [-0.25, -0.2) is 13.4 Å². The lowest BCUT2D eigenvalue weighted by atomic mass is 10.1. The number of anilines is 1. The summed E-state index contributed by atoms with van der Waals surface area (Å²) in [6.45, 7) is 0.451. The molecule has 2 N–H and O–H groups in total. The zero-order chi connectivity index (χ0) is 17.2. The molecule has 24 heavy (non-hydrogen) atoms. The van der Waals surface area contributed by atoms with Gasteiger partial charge < -0.3 is 5.11 Å². The van der Waals surface area contributed by atoms with Gasteiger partial charge in [0.2, 0.25) is 10.0 Å². The van der Waals surface area contributed by atoms with E-state index in [4.69, 9.17) is 0 Å². The van der Waals surface area contributed by atoms with Crippen LogP contribution in [0.3, 0.4) is 0 Å². The van der Waals surface area contributed by atoms with Gasteiger partial charge in [-0.3, -0.25) is 10.1 Å². The van der Waals surface area contributed by atoms with Gasteiger partial charge in [-0.2, -0.15) is 4.31 Å². The van der Waals surface area contributed by atoms with Crippen molar-refractivity contribution in [3.8, 4) is 0 Å². The fraction of sp³-hybridized carbons (Fsp3) is 0.333. The maximum absolute atomic E-state index is 12.7. The summed E-state index contributed by atoms with van der Waals surface area (Å²) < 4.78 is 26.7. The number of sulfonamides is 1. The second kappa shape index (κ2) is 6.98. The second-order valence-corrected chi connectivity index (χ2v) is 8.31. The quantitative estimate of drug-likeness (QED) is 0.854. The molecule has 1 aromatic carbocycles. The van der Waals surface area contributed by atoms with E-state index in [2.05, 4.69) is 10.3 Å². The molecule has 0 bridgehead atoms. The standard InChI is InChI=1S/C15H17N3O4S2/c19-12-4-2-7-18(10-12)24(21,22)13-5-1-3-11(9-13)14(20)17-15-16-6-8-23-15/h1,3,5-6,8-9,12,19H,2,4,7,10H2,(H,16,17,20). The van der Waals surface area contributed by atoms with E-state index in [0.717, 1.165) is 0 Å². The molecule has 1 fully saturated rings. The van der Waals surface area contributed by atoms with Crippen LogP contribution in [0, 0.1) is 0 Å². The Morgan fingerprint density at radius 2 is 2.25 bits per heavy atom. The summed E-state index contributed by atoms with van der Waals surface area (Å²) in [5, 5.41) is 14.5. The van der Waals surface area contributed by atoms with Gasteiger partial charge in [0.05, 0.1) is 11.0 Å². The number of benzene rings is 1. The van der Waals surface area contributed by atoms with E-state index in [-0.39, 0.29) is 17.0 Å². The molecule has 128 valence electrons. The summed E-state index contributed by atoms with van der Waals surface area (Å²) in [6, 6.07) is 5.88.